The fourth-order valence-electron chi connectivity index (χ4n) is 2.00. The summed E-state index contributed by atoms with van der Waals surface area (Å²) in [4.78, 5) is 8.84. The van der Waals surface area contributed by atoms with Crippen LogP contribution in [-0.4, -0.2) is 16.5 Å². The Morgan fingerprint density at radius 1 is 1.10 bits per heavy atom. The lowest BCUT2D eigenvalue weighted by Gasteiger charge is -2.17. The predicted molar refractivity (Wildman–Crippen MR) is 89.0 cm³/mol. The minimum atomic E-state index is -0.106. The Labute approximate surface area is 131 Å². The van der Waals surface area contributed by atoms with Gasteiger partial charge in [-0.05, 0) is 18.4 Å². The van der Waals surface area contributed by atoms with Gasteiger partial charge in [-0.1, -0.05) is 62.7 Å². The molecule has 0 saturated carbocycles. The molecule has 4 heteroatoms. The second kappa shape index (κ2) is 6.90. The van der Waals surface area contributed by atoms with Crippen LogP contribution in [0.4, 0.5) is 5.82 Å². The number of hydrogen-bond acceptors (Lipinski definition) is 3. The second-order valence-corrected chi connectivity index (χ2v) is 6.55. The van der Waals surface area contributed by atoms with Crippen LogP contribution in [0.2, 0.25) is 5.15 Å². The molecule has 0 aliphatic heterocycles. The van der Waals surface area contributed by atoms with Crippen LogP contribution >= 0.6 is 11.6 Å². The average Bonchev–Trinajstić information content (AvgIpc) is 2.43. The molecule has 1 aromatic heterocycles. The van der Waals surface area contributed by atoms with E-state index >= 15 is 0 Å². The van der Waals surface area contributed by atoms with Gasteiger partial charge in [0.1, 0.15) is 16.8 Å². The molecule has 112 valence electrons. The summed E-state index contributed by atoms with van der Waals surface area (Å²) in [6.07, 6.45) is 2.11. The fourth-order valence-corrected chi connectivity index (χ4v) is 2.18. The Hall–Kier alpha value is -1.61. The van der Waals surface area contributed by atoms with E-state index in [0.717, 1.165) is 31.0 Å². The van der Waals surface area contributed by atoms with Gasteiger partial charge in [-0.25, -0.2) is 9.97 Å². The van der Waals surface area contributed by atoms with Crippen molar-refractivity contribution in [3.63, 3.8) is 0 Å². The van der Waals surface area contributed by atoms with Crippen molar-refractivity contribution in [3.05, 3.63) is 52.9 Å². The molecule has 3 nitrogen and oxygen atoms in total. The number of benzene rings is 1. The third-order valence-electron chi connectivity index (χ3n) is 3.16. The highest BCUT2D eigenvalue weighted by Crippen LogP contribution is 2.22. The van der Waals surface area contributed by atoms with Crippen molar-refractivity contribution in [2.45, 2.75) is 39.0 Å². The number of hydrogen-bond donors (Lipinski definition) is 1. The molecule has 0 fully saturated rings. The zero-order valence-electron chi connectivity index (χ0n) is 12.9. The highest BCUT2D eigenvalue weighted by molar-refractivity contribution is 6.29. The van der Waals surface area contributed by atoms with Gasteiger partial charge in [0.2, 0.25) is 0 Å². The minimum Gasteiger partial charge on any atom is -0.370 e. The molecular formula is C17H22ClN3. The van der Waals surface area contributed by atoms with E-state index < -0.39 is 0 Å². The molecule has 1 N–H and O–H groups in total. The third-order valence-corrected chi connectivity index (χ3v) is 3.35. The molecule has 2 rings (SSSR count). The van der Waals surface area contributed by atoms with E-state index in [1.165, 1.54) is 5.56 Å². The summed E-state index contributed by atoms with van der Waals surface area (Å²) < 4.78 is 0. The lowest BCUT2D eigenvalue weighted by molar-refractivity contribution is 0.546. The molecule has 0 bridgehead atoms. The van der Waals surface area contributed by atoms with Crippen molar-refractivity contribution in [1.29, 1.82) is 0 Å². The van der Waals surface area contributed by atoms with Crippen LogP contribution in [0.15, 0.2) is 36.4 Å². The minimum absolute atomic E-state index is 0.106. The summed E-state index contributed by atoms with van der Waals surface area (Å²) in [5.41, 5.74) is 1.25. The molecule has 0 unspecified atom stereocenters. The number of halogens is 1. The maximum absolute atomic E-state index is 6.07. The Morgan fingerprint density at radius 2 is 1.81 bits per heavy atom. The largest absolute Gasteiger partial charge is 0.370 e. The third kappa shape index (κ3) is 5.01. The summed E-state index contributed by atoms with van der Waals surface area (Å²) in [5, 5.41) is 3.82. The fraction of sp³-hybridized carbons (Fsp3) is 0.412. The summed E-state index contributed by atoms with van der Waals surface area (Å²) >= 11 is 6.07. The van der Waals surface area contributed by atoms with E-state index in [1.54, 1.807) is 6.07 Å². The predicted octanol–water partition coefficient (Wildman–Crippen LogP) is 4.47. The van der Waals surface area contributed by atoms with Gasteiger partial charge in [0.25, 0.3) is 0 Å². The summed E-state index contributed by atoms with van der Waals surface area (Å²) in [6, 6.07) is 12.3. The number of nitrogens with zero attached hydrogens (tertiary/aromatic N) is 2. The monoisotopic (exact) mass is 303 g/mol. The van der Waals surface area contributed by atoms with Crippen molar-refractivity contribution >= 4 is 17.4 Å². The molecule has 0 aliphatic rings. The van der Waals surface area contributed by atoms with Gasteiger partial charge in [-0.15, -0.1) is 0 Å². The Bertz CT molecular complexity index is 576. The Morgan fingerprint density at radius 3 is 2.48 bits per heavy atom. The van der Waals surface area contributed by atoms with Gasteiger partial charge in [0.05, 0.1) is 0 Å². The van der Waals surface area contributed by atoms with Crippen LogP contribution in [0.25, 0.3) is 0 Å². The van der Waals surface area contributed by atoms with Crippen LogP contribution in [0.3, 0.4) is 0 Å². The summed E-state index contributed by atoms with van der Waals surface area (Å²) in [7, 11) is 0. The summed E-state index contributed by atoms with van der Waals surface area (Å²) in [6.45, 7) is 7.11. The van der Waals surface area contributed by atoms with Gasteiger partial charge < -0.3 is 5.32 Å². The summed E-state index contributed by atoms with van der Waals surface area (Å²) in [5.74, 6) is 1.56. The standard InChI is InChI=1S/C17H22ClN3/c1-17(2,3)16-20-14(18)12-15(21-16)19-11-7-10-13-8-5-4-6-9-13/h4-6,8-9,12H,7,10-11H2,1-3H3,(H,19,20,21). The molecule has 0 aliphatic carbocycles. The number of anilines is 1. The van der Waals surface area contributed by atoms with Crippen molar-refractivity contribution in [2.24, 2.45) is 0 Å². The molecule has 0 amide bonds. The van der Waals surface area contributed by atoms with Crippen LogP contribution in [0.1, 0.15) is 38.6 Å². The second-order valence-electron chi connectivity index (χ2n) is 6.17. The first-order valence-electron chi connectivity index (χ1n) is 7.28. The van der Waals surface area contributed by atoms with Crippen LogP contribution in [0.5, 0.6) is 0 Å². The van der Waals surface area contributed by atoms with Crippen LogP contribution in [0, 0.1) is 0 Å². The zero-order valence-corrected chi connectivity index (χ0v) is 13.6. The number of aryl methyl sites for hydroxylation is 1. The molecule has 0 saturated heterocycles. The van der Waals surface area contributed by atoms with E-state index in [4.69, 9.17) is 11.6 Å². The Balaban J connectivity index is 1.90. The normalized spacial score (nSPS) is 11.4. The van der Waals surface area contributed by atoms with Crippen LogP contribution < -0.4 is 5.32 Å². The zero-order chi connectivity index (χ0) is 15.3. The lowest BCUT2D eigenvalue weighted by Crippen LogP contribution is -2.17. The topological polar surface area (TPSA) is 37.8 Å². The van der Waals surface area contributed by atoms with Crippen molar-refractivity contribution in [1.82, 2.24) is 9.97 Å². The van der Waals surface area contributed by atoms with Crippen molar-refractivity contribution in [3.8, 4) is 0 Å². The van der Waals surface area contributed by atoms with Gasteiger partial charge in [-0.2, -0.15) is 0 Å². The van der Waals surface area contributed by atoms with E-state index in [0.29, 0.717) is 5.15 Å². The molecule has 1 heterocycles. The highest BCUT2D eigenvalue weighted by Gasteiger charge is 2.18. The van der Waals surface area contributed by atoms with Crippen LogP contribution in [-0.2, 0) is 11.8 Å². The quantitative estimate of drug-likeness (QED) is 0.654. The number of aromatic nitrogens is 2. The number of nitrogens with one attached hydrogen (secondary N) is 1. The highest BCUT2D eigenvalue weighted by atomic mass is 35.5. The molecular weight excluding hydrogens is 282 g/mol. The SMILES string of the molecule is CC(C)(C)c1nc(Cl)cc(NCCCc2ccccc2)n1. The lowest BCUT2D eigenvalue weighted by atomic mass is 9.96. The van der Waals surface area contributed by atoms with Gasteiger partial charge in [0, 0.05) is 18.0 Å². The molecule has 0 atom stereocenters. The van der Waals surface area contributed by atoms with Gasteiger partial charge >= 0.3 is 0 Å². The maximum atomic E-state index is 6.07. The first kappa shape index (κ1) is 15.8. The first-order chi connectivity index (χ1) is 9.95. The van der Waals surface area contributed by atoms with Gasteiger partial charge in [-0.3, -0.25) is 0 Å². The number of rotatable bonds is 5. The molecule has 0 spiro atoms. The van der Waals surface area contributed by atoms with E-state index in [9.17, 15) is 0 Å². The van der Waals surface area contributed by atoms with Crippen molar-refractivity contribution in [2.75, 3.05) is 11.9 Å². The van der Waals surface area contributed by atoms with Crippen molar-refractivity contribution < 1.29 is 0 Å². The molecule has 2 aromatic rings. The Kier molecular flexibility index (Phi) is 5.18. The van der Waals surface area contributed by atoms with E-state index in [2.05, 4.69) is 60.3 Å². The van der Waals surface area contributed by atoms with E-state index in [-0.39, 0.29) is 5.41 Å². The molecule has 0 radical (unpaired) electrons. The average molecular weight is 304 g/mol. The smallest absolute Gasteiger partial charge is 0.137 e. The van der Waals surface area contributed by atoms with E-state index in [1.807, 2.05) is 6.07 Å². The molecule has 21 heavy (non-hydrogen) atoms. The molecule has 1 aromatic carbocycles. The van der Waals surface area contributed by atoms with Gasteiger partial charge in [0.15, 0.2) is 0 Å². The maximum Gasteiger partial charge on any atom is 0.137 e. The first-order valence-corrected chi connectivity index (χ1v) is 7.66.